The van der Waals surface area contributed by atoms with E-state index in [4.69, 9.17) is 14.9 Å². The molecule has 0 atom stereocenters. The van der Waals surface area contributed by atoms with Gasteiger partial charge in [-0.2, -0.15) is 0 Å². The first kappa shape index (κ1) is 15.2. The van der Waals surface area contributed by atoms with Crippen LogP contribution >= 0.6 is 0 Å². The van der Waals surface area contributed by atoms with Crippen molar-refractivity contribution in [2.24, 2.45) is 0 Å². The Labute approximate surface area is 112 Å². The lowest BCUT2D eigenvalue weighted by Gasteiger charge is -2.18. The lowest BCUT2D eigenvalue weighted by molar-refractivity contribution is -0.126. The van der Waals surface area contributed by atoms with Crippen molar-refractivity contribution in [1.82, 2.24) is 4.90 Å². The molecule has 0 aliphatic carbocycles. The Hall–Kier alpha value is -1.85. The first-order valence-corrected chi connectivity index (χ1v) is 6.04. The van der Waals surface area contributed by atoms with Gasteiger partial charge in [0.25, 0.3) is 0 Å². The molecular formula is C14H19NO4. The fourth-order valence-electron chi connectivity index (χ4n) is 1.56. The molecule has 0 spiro atoms. The largest absolute Gasteiger partial charge is 0.497 e. The normalized spacial score (nSPS) is 10.7. The Morgan fingerprint density at radius 3 is 2.26 bits per heavy atom. The van der Waals surface area contributed by atoms with Gasteiger partial charge in [0.05, 0.1) is 20.3 Å². The molecule has 0 aromatic heterocycles. The van der Waals surface area contributed by atoms with E-state index in [2.05, 4.69) is 0 Å². The molecule has 1 amide bonds. The molecule has 5 heteroatoms. The number of amides is 1. The highest BCUT2D eigenvalue weighted by Crippen LogP contribution is 2.12. The number of rotatable bonds is 7. The molecule has 0 aliphatic rings. The van der Waals surface area contributed by atoms with Gasteiger partial charge < -0.3 is 19.8 Å². The van der Waals surface area contributed by atoms with Gasteiger partial charge in [0.15, 0.2) is 0 Å². The third kappa shape index (κ3) is 5.11. The van der Waals surface area contributed by atoms with Gasteiger partial charge in [-0.1, -0.05) is 12.1 Å². The van der Waals surface area contributed by atoms with E-state index in [0.717, 1.165) is 11.3 Å². The van der Waals surface area contributed by atoms with Crippen LogP contribution in [0.25, 0.3) is 6.08 Å². The van der Waals surface area contributed by atoms with Gasteiger partial charge in [-0.15, -0.1) is 0 Å². The van der Waals surface area contributed by atoms with Crippen LogP contribution in [0.3, 0.4) is 0 Å². The summed E-state index contributed by atoms with van der Waals surface area (Å²) in [4.78, 5) is 13.2. The van der Waals surface area contributed by atoms with Crippen LogP contribution in [-0.2, 0) is 4.79 Å². The summed E-state index contributed by atoms with van der Waals surface area (Å²) in [5.41, 5.74) is 0.877. The number of aliphatic hydroxyl groups is 2. The zero-order chi connectivity index (χ0) is 14.1. The number of ether oxygens (including phenoxy) is 1. The maximum absolute atomic E-state index is 11.8. The highest BCUT2D eigenvalue weighted by molar-refractivity contribution is 5.91. The Morgan fingerprint density at radius 2 is 1.79 bits per heavy atom. The monoisotopic (exact) mass is 265 g/mol. The van der Waals surface area contributed by atoms with E-state index in [-0.39, 0.29) is 32.2 Å². The zero-order valence-corrected chi connectivity index (χ0v) is 11.0. The number of benzene rings is 1. The summed E-state index contributed by atoms with van der Waals surface area (Å²) >= 11 is 0. The van der Waals surface area contributed by atoms with Crippen LogP contribution < -0.4 is 4.74 Å². The highest BCUT2D eigenvalue weighted by atomic mass is 16.5. The summed E-state index contributed by atoms with van der Waals surface area (Å²) < 4.78 is 5.04. The van der Waals surface area contributed by atoms with Crippen LogP contribution in [0.5, 0.6) is 5.75 Å². The van der Waals surface area contributed by atoms with Gasteiger partial charge >= 0.3 is 0 Å². The Kier molecular flexibility index (Phi) is 6.63. The molecule has 1 aromatic rings. The number of carbonyl (C=O) groups is 1. The van der Waals surface area contributed by atoms with Gasteiger partial charge in [0.1, 0.15) is 5.75 Å². The molecule has 0 aliphatic heterocycles. The summed E-state index contributed by atoms with van der Waals surface area (Å²) in [6, 6.07) is 7.29. The molecule has 0 saturated heterocycles. The molecule has 0 radical (unpaired) electrons. The second-order valence-corrected chi connectivity index (χ2v) is 3.88. The van der Waals surface area contributed by atoms with E-state index < -0.39 is 0 Å². The predicted octanol–water partition coefficient (Wildman–Crippen LogP) is 0.522. The third-order valence-corrected chi connectivity index (χ3v) is 2.59. The molecule has 0 unspecified atom stereocenters. The molecule has 104 valence electrons. The van der Waals surface area contributed by atoms with E-state index in [9.17, 15) is 4.79 Å². The molecule has 0 bridgehead atoms. The molecule has 5 nitrogen and oxygen atoms in total. The quantitative estimate of drug-likeness (QED) is 0.705. The van der Waals surface area contributed by atoms with E-state index in [0.29, 0.717) is 0 Å². The van der Waals surface area contributed by atoms with E-state index >= 15 is 0 Å². The van der Waals surface area contributed by atoms with Gasteiger partial charge in [0, 0.05) is 19.2 Å². The van der Waals surface area contributed by atoms with Crippen molar-refractivity contribution in [3.63, 3.8) is 0 Å². The van der Waals surface area contributed by atoms with Gasteiger partial charge in [0.2, 0.25) is 5.91 Å². The smallest absolute Gasteiger partial charge is 0.246 e. The van der Waals surface area contributed by atoms with Gasteiger partial charge in [-0.05, 0) is 23.8 Å². The predicted molar refractivity (Wildman–Crippen MR) is 72.8 cm³/mol. The molecule has 0 fully saturated rings. The maximum Gasteiger partial charge on any atom is 0.246 e. The van der Waals surface area contributed by atoms with Crippen molar-refractivity contribution >= 4 is 12.0 Å². The molecule has 1 aromatic carbocycles. The van der Waals surface area contributed by atoms with E-state index in [1.807, 2.05) is 24.3 Å². The fraction of sp³-hybridized carbons (Fsp3) is 0.357. The highest BCUT2D eigenvalue weighted by Gasteiger charge is 2.08. The standard InChI is InChI=1S/C14H19NO4/c1-19-13-5-2-12(3-6-13)4-7-14(18)15(8-10-16)9-11-17/h2-7,16-17H,8-11H2,1H3/b7-4+. The number of hydrogen-bond acceptors (Lipinski definition) is 4. The number of methoxy groups -OCH3 is 1. The number of carbonyl (C=O) groups excluding carboxylic acids is 1. The third-order valence-electron chi connectivity index (χ3n) is 2.59. The fourth-order valence-corrected chi connectivity index (χ4v) is 1.56. The average molecular weight is 265 g/mol. The lowest BCUT2D eigenvalue weighted by atomic mass is 10.2. The van der Waals surface area contributed by atoms with Crippen LogP contribution in [0.4, 0.5) is 0 Å². The second kappa shape index (κ2) is 8.29. The molecule has 0 saturated carbocycles. The van der Waals surface area contributed by atoms with Crippen LogP contribution in [-0.4, -0.2) is 54.4 Å². The summed E-state index contributed by atoms with van der Waals surface area (Å²) in [6.07, 6.45) is 3.11. The number of nitrogens with zero attached hydrogens (tertiary/aromatic N) is 1. The summed E-state index contributed by atoms with van der Waals surface area (Å²) in [7, 11) is 1.59. The zero-order valence-electron chi connectivity index (χ0n) is 11.0. The van der Waals surface area contributed by atoms with Crippen LogP contribution in [0, 0.1) is 0 Å². The molecule has 0 heterocycles. The molecule has 1 rings (SSSR count). The molecular weight excluding hydrogens is 246 g/mol. The average Bonchev–Trinajstić information content (AvgIpc) is 2.45. The first-order valence-electron chi connectivity index (χ1n) is 6.04. The van der Waals surface area contributed by atoms with Crippen molar-refractivity contribution in [3.8, 4) is 5.75 Å². The maximum atomic E-state index is 11.8. The minimum absolute atomic E-state index is 0.123. The minimum Gasteiger partial charge on any atom is -0.497 e. The SMILES string of the molecule is COc1ccc(/C=C/C(=O)N(CCO)CCO)cc1. The molecule has 19 heavy (non-hydrogen) atoms. The topological polar surface area (TPSA) is 70.0 Å². The Balaban J connectivity index is 2.64. The Morgan fingerprint density at radius 1 is 1.21 bits per heavy atom. The Bertz CT molecular complexity index is 408. The van der Waals surface area contributed by atoms with Crippen LogP contribution in [0.1, 0.15) is 5.56 Å². The number of hydrogen-bond donors (Lipinski definition) is 2. The summed E-state index contributed by atoms with van der Waals surface area (Å²) in [6.45, 7) is 0.183. The van der Waals surface area contributed by atoms with Crippen molar-refractivity contribution in [1.29, 1.82) is 0 Å². The van der Waals surface area contributed by atoms with Crippen LogP contribution in [0.15, 0.2) is 30.3 Å². The number of aliphatic hydroxyl groups excluding tert-OH is 2. The van der Waals surface area contributed by atoms with Gasteiger partial charge in [-0.25, -0.2) is 0 Å². The minimum atomic E-state index is -0.237. The van der Waals surface area contributed by atoms with Gasteiger partial charge in [-0.3, -0.25) is 4.79 Å². The second-order valence-electron chi connectivity index (χ2n) is 3.88. The summed E-state index contributed by atoms with van der Waals surface area (Å²) in [5.74, 6) is 0.518. The van der Waals surface area contributed by atoms with E-state index in [1.54, 1.807) is 13.2 Å². The van der Waals surface area contributed by atoms with Crippen molar-refractivity contribution in [2.75, 3.05) is 33.4 Å². The van der Waals surface area contributed by atoms with E-state index in [1.165, 1.54) is 11.0 Å². The molecule has 2 N–H and O–H groups in total. The first-order chi connectivity index (χ1) is 9.21. The summed E-state index contributed by atoms with van der Waals surface area (Å²) in [5, 5.41) is 17.7. The van der Waals surface area contributed by atoms with Crippen LogP contribution in [0.2, 0.25) is 0 Å². The van der Waals surface area contributed by atoms with Crippen molar-refractivity contribution in [2.45, 2.75) is 0 Å². The van der Waals surface area contributed by atoms with Crippen molar-refractivity contribution < 1.29 is 19.7 Å². The van der Waals surface area contributed by atoms with Crippen molar-refractivity contribution in [3.05, 3.63) is 35.9 Å². The lowest BCUT2D eigenvalue weighted by Crippen LogP contribution is -2.34.